The third-order valence-corrected chi connectivity index (χ3v) is 3.69. The average Bonchev–Trinajstić information content (AvgIpc) is 2.41. The normalized spacial score (nSPS) is 10.3. The minimum atomic E-state index is -0.912. The highest BCUT2D eigenvalue weighted by molar-refractivity contribution is 6.31. The summed E-state index contributed by atoms with van der Waals surface area (Å²) in [6.07, 6.45) is 0. The van der Waals surface area contributed by atoms with Crippen molar-refractivity contribution in [3.8, 4) is 0 Å². The zero-order valence-electron chi connectivity index (χ0n) is 11.4. The zero-order chi connectivity index (χ0) is 14.7. The second kappa shape index (κ2) is 5.97. The number of rotatable bonds is 4. The molecule has 0 aromatic heterocycles. The molecule has 0 saturated heterocycles. The van der Waals surface area contributed by atoms with Crippen molar-refractivity contribution in [1.82, 2.24) is 0 Å². The van der Waals surface area contributed by atoms with E-state index in [0.29, 0.717) is 12.1 Å². The number of benzene rings is 2. The molecule has 0 atom stereocenters. The Labute approximate surface area is 123 Å². The molecule has 0 fully saturated rings. The summed E-state index contributed by atoms with van der Waals surface area (Å²) in [7, 11) is 0. The number of hydrogen-bond donors (Lipinski definition) is 2. The Balaban J connectivity index is 2.17. The predicted octanol–water partition coefficient (Wildman–Crippen LogP) is 4.27. The van der Waals surface area contributed by atoms with Crippen molar-refractivity contribution in [3.63, 3.8) is 0 Å². The number of carboxylic acids is 1. The third-order valence-electron chi connectivity index (χ3n) is 3.28. The van der Waals surface area contributed by atoms with Gasteiger partial charge in [-0.05, 0) is 48.7 Å². The number of halogens is 1. The Bertz CT molecular complexity index is 653. The quantitative estimate of drug-likeness (QED) is 0.884. The summed E-state index contributed by atoms with van der Waals surface area (Å²) < 4.78 is 0. The Hall–Kier alpha value is -2.00. The fourth-order valence-electron chi connectivity index (χ4n) is 2.00. The maximum absolute atomic E-state index is 11.1. The van der Waals surface area contributed by atoms with Gasteiger partial charge in [0.2, 0.25) is 0 Å². The van der Waals surface area contributed by atoms with Crippen LogP contribution in [0.4, 0.5) is 5.69 Å². The first-order chi connectivity index (χ1) is 9.49. The molecule has 0 aliphatic heterocycles. The molecule has 0 aliphatic rings. The minimum absolute atomic E-state index is 0.317. The lowest BCUT2D eigenvalue weighted by atomic mass is 10.1. The number of aromatic carboxylic acids is 1. The molecule has 0 amide bonds. The molecule has 20 heavy (non-hydrogen) atoms. The van der Waals surface area contributed by atoms with E-state index in [0.717, 1.165) is 27.4 Å². The fourth-order valence-corrected chi connectivity index (χ4v) is 2.21. The van der Waals surface area contributed by atoms with Gasteiger partial charge in [-0.15, -0.1) is 0 Å². The average molecular weight is 290 g/mol. The molecule has 104 valence electrons. The Kier molecular flexibility index (Phi) is 4.30. The van der Waals surface area contributed by atoms with Crippen LogP contribution in [0.25, 0.3) is 0 Å². The van der Waals surface area contributed by atoms with Crippen molar-refractivity contribution in [2.75, 3.05) is 5.32 Å². The van der Waals surface area contributed by atoms with Crippen LogP contribution in [0.3, 0.4) is 0 Å². The third kappa shape index (κ3) is 3.11. The second-order valence-corrected chi connectivity index (χ2v) is 5.13. The van der Waals surface area contributed by atoms with Gasteiger partial charge in [0, 0.05) is 17.3 Å². The summed E-state index contributed by atoms with van der Waals surface area (Å²) in [5.74, 6) is -0.912. The van der Waals surface area contributed by atoms with Crippen molar-refractivity contribution in [1.29, 1.82) is 0 Å². The van der Waals surface area contributed by atoms with E-state index >= 15 is 0 Å². The molecule has 3 nitrogen and oxygen atoms in total. The first kappa shape index (κ1) is 14.4. The van der Waals surface area contributed by atoms with Gasteiger partial charge < -0.3 is 10.4 Å². The van der Waals surface area contributed by atoms with Gasteiger partial charge in [-0.2, -0.15) is 0 Å². The standard InChI is InChI=1S/C16H16ClNO2/c1-10-6-7-12(8-14(10)17)9-18-15-5-3-4-13(11(15)2)16(19)20/h3-8,18H,9H2,1-2H3,(H,19,20). The summed E-state index contributed by atoms with van der Waals surface area (Å²) in [5.41, 5.74) is 3.97. The van der Waals surface area contributed by atoms with E-state index in [1.165, 1.54) is 0 Å². The molecule has 2 N–H and O–H groups in total. The summed E-state index contributed by atoms with van der Waals surface area (Å²) in [4.78, 5) is 11.1. The fraction of sp³-hybridized carbons (Fsp3) is 0.188. The van der Waals surface area contributed by atoms with Gasteiger partial charge in [0.1, 0.15) is 0 Å². The van der Waals surface area contributed by atoms with Crippen LogP contribution in [0.1, 0.15) is 27.0 Å². The van der Waals surface area contributed by atoms with Crippen molar-refractivity contribution in [2.45, 2.75) is 20.4 Å². The van der Waals surface area contributed by atoms with Crippen LogP contribution in [0.15, 0.2) is 36.4 Å². The number of anilines is 1. The largest absolute Gasteiger partial charge is 0.478 e. The van der Waals surface area contributed by atoms with Gasteiger partial charge in [0.25, 0.3) is 0 Å². The van der Waals surface area contributed by atoms with Crippen molar-refractivity contribution in [3.05, 3.63) is 63.7 Å². The number of aryl methyl sites for hydroxylation is 1. The maximum atomic E-state index is 11.1. The van der Waals surface area contributed by atoms with Crippen LogP contribution in [-0.2, 0) is 6.54 Å². The minimum Gasteiger partial charge on any atom is -0.478 e. The molecule has 0 unspecified atom stereocenters. The van der Waals surface area contributed by atoms with Crippen LogP contribution in [0, 0.1) is 13.8 Å². The van der Waals surface area contributed by atoms with E-state index in [1.807, 2.05) is 31.2 Å². The van der Waals surface area contributed by atoms with Gasteiger partial charge in [-0.1, -0.05) is 29.8 Å². The highest BCUT2D eigenvalue weighted by Gasteiger charge is 2.09. The van der Waals surface area contributed by atoms with Gasteiger partial charge in [0.15, 0.2) is 0 Å². The zero-order valence-corrected chi connectivity index (χ0v) is 12.2. The summed E-state index contributed by atoms with van der Waals surface area (Å²) >= 11 is 6.09. The highest BCUT2D eigenvalue weighted by atomic mass is 35.5. The van der Waals surface area contributed by atoms with Crippen molar-refractivity contribution in [2.24, 2.45) is 0 Å². The van der Waals surface area contributed by atoms with Gasteiger partial charge in [0.05, 0.1) is 5.56 Å². The van der Waals surface area contributed by atoms with E-state index < -0.39 is 5.97 Å². The van der Waals surface area contributed by atoms with Crippen LogP contribution < -0.4 is 5.32 Å². The topological polar surface area (TPSA) is 49.3 Å². The molecule has 0 saturated carbocycles. The van der Waals surface area contributed by atoms with Gasteiger partial charge >= 0.3 is 5.97 Å². The number of carbonyl (C=O) groups is 1. The summed E-state index contributed by atoms with van der Waals surface area (Å²) in [6.45, 7) is 4.36. The number of nitrogens with one attached hydrogen (secondary N) is 1. The Morgan fingerprint density at radius 3 is 2.65 bits per heavy atom. The Morgan fingerprint density at radius 1 is 1.25 bits per heavy atom. The highest BCUT2D eigenvalue weighted by Crippen LogP contribution is 2.21. The van der Waals surface area contributed by atoms with E-state index in [1.54, 1.807) is 19.1 Å². The van der Waals surface area contributed by atoms with E-state index in [2.05, 4.69) is 5.32 Å². The number of carboxylic acid groups (broad SMARTS) is 1. The molecular weight excluding hydrogens is 274 g/mol. The summed E-state index contributed by atoms with van der Waals surface area (Å²) in [5, 5.41) is 13.1. The molecule has 2 aromatic rings. The molecule has 0 aliphatic carbocycles. The second-order valence-electron chi connectivity index (χ2n) is 4.72. The van der Waals surface area contributed by atoms with E-state index in [-0.39, 0.29) is 0 Å². The van der Waals surface area contributed by atoms with Crippen molar-refractivity contribution < 1.29 is 9.90 Å². The smallest absolute Gasteiger partial charge is 0.336 e. The first-order valence-corrected chi connectivity index (χ1v) is 6.68. The van der Waals surface area contributed by atoms with Crippen LogP contribution >= 0.6 is 11.6 Å². The molecule has 2 aromatic carbocycles. The molecule has 0 bridgehead atoms. The molecule has 0 radical (unpaired) electrons. The van der Waals surface area contributed by atoms with Crippen LogP contribution in [-0.4, -0.2) is 11.1 Å². The van der Waals surface area contributed by atoms with Crippen LogP contribution in [0.2, 0.25) is 5.02 Å². The lowest BCUT2D eigenvalue weighted by molar-refractivity contribution is 0.0696. The maximum Gasteiger partial charge on any atom is 0.336 e. The van der Waals surface area contributed by atoms with E-state index in [4.69, 9.17) is 16.7 Å². The molecule has 0 spiro atoms. The predicted molar refractivity (Wildman–Crippen MR) is 81.7 cm³/mol. The first-order valence-electron chi connectivity index (χ1n) is 6.31. The molecule has 2 rings (SSSR count). The number of hydrogen-bond acceptors (Lipinski definition) is 2. The summed E-state index contributed by atoms with van der Waals surface area (Å²) in [6, 6.07) is 11.1. The molecule has 0 heterocycles. The van der Waals surface area contributed by atoms with Crippen molar-refractivity contribution >= 4 is 23.3 Å². The van der Waals surface area contributed by atoms with Gasteiger partial charge in [-0.3, -0.25) is 0 Å². The Morgan fingerprint density at radius 2 is 2.00 bits per heavy atom. The van der Waals surface area contributed by atoms with Crippen LogP contribution in [0.5, 0.6) is 0 Å². The molecule has 4 heteroatoms. The van der Waals surface area contributed by atoms with Gasteiger partial charge in [-0.25, -0.2) is 4.79 Å². The SMILES string of the molecule is Cc1ccc(CNc2cccc(C(=O)O)c2C)cc1Cl. The lowest BCUT2D eigenvalue weighted by Gasteiger charge is -2.12. The molecular formula is C16H16ClNO2. The van der Waals surface area contributed by atoms with E-state index in [9.17, 15) is 4.79 Å². The monoisotopic (exact) mass is 289 g/mol. The lowest BCUT2D eigenvalue weighted by Crippen LogP contribution is -2.05.